The van der Waals surface area contributed by atoms with Crippen molar-refractivity contribution >= 4 is 22.0 Å². The van der Waals surface area contributed by atoms with Gasteiger partial charge in [0.15, 0.2) is 0 Å². The molecule has 0 spiro atoms. The first kappa shape index (κ1) is 19.9. The van der Waals surface area contributed by atoms with E-state index in [4.69, 9.17) is 0 Å². The van der Waals surface area contributed by atoms with Gasteiger partial charge in [0.05, 0.1) is 11.5 Å². The summed E-state index contributed by atoms with van der Waals surface area (Å²) in [5, 5.41) is 0. The fourth-order valence-corrected chi connectivity index (χ4v) is 3.15. The van der Waals surface area contributed by atoms with Crippen molar-refractivity contribution < 1.29 is 22.7 Å². The molecule has 1 rings (SSSR count). The van der Waals surface area contributed by atoms with Crippen LogP contribution >= 0.6 is 0 Å². The SMILES string of the molecule is CCOC(=O)NNC(=O)[C@H](NS(=O)(=O)c1ccc(C)cc1)C(C)C. The van der Waals surface area contributed by atoms with Crippen LogP contribution in [0.5, 0.6) is 0 Å². The van der Waals surface area contributed by atoms with Crippen LogP contribution in [0.2, 0.25) is 0 Å². The number of sulfonamides is 1. The Morgan fingerprint density at radius 3 is 2.21 bits per heavy atom. The molecule has 0 aliphatic heterocycles. The van der Waals surface area contributed by atoms with Gasteiger partial charge in [-0.15, -0.1) is 0 Å². The van der Waals surface area contributed by atoms with E-state index in [0.717, 1.165) is 5.56 Å². The third-order valence-corrected chi connectivity index (χ3v) is 4.58. The van der Waals surface area contributed by atoms with E-state index in [0.29, 0.717) is 0 Å². The second-order valence-electron chi connectivity index (χ2n) is 5.49. The van der Waals surface area contributed by atoms with Gasteiger partial charge in [-0.3, -0.25) is 10.2 Å². The van der Waals surface area contributed by atoms with Gasteiger partial charge in [-0.2, -0.15) is 4.72 Å². The van der Waals surface area contributed by atoms with E-state index in [1.54, 1.807) is 32.9 Å². The van der Waals surface area contributed by atoms with Crippen molar-refractivity contribution in [1.29, 1.82) is 0 Å². The lowest BCUT2D eigenvalue weighted by Crippen LogP contribution is -2.54. The van der Waals surface area contributed by atoms with Gasteiger partial charge in [0.1, 0.15) is 6.04 Å². The highest BCUT2D eigenvalue weighted by Gasteiger charge is 2.28. The molecule has 0 bridgehead atoms. The Balaban J connectivity index is 2.83. The smallest absolute Gasteiger partial charge is 0.426 e. The van der Waals surface area contributed by atoms with Crippen molar-refractivity contribution in [1.82, 2.24) is 15.6 Å². The largest absolute Gasteiger partial charge is 0.449 e. The molecule has 1 aromatic carbocycles. The Morgan fingerprint density at radius 2 is 1.71 bits per heavy atom. The van der Waals surface area contributed by atoms with Crippen molar-refractivity contribution in [2.45, 2.75) is 38.6 Å². The maximum absolute atomic E-state index is 12.4. The van der Waals surface area contributed by atoms with Crippen LogP contribution in [0.1, 0.15) is 26.3 Å². The third-order valence-electron chi connectivity index (χ3n) is 3.13. The minimum absolute atomic E-state index is 0.0601. The van der Waals surface area contributed by atoms with E-state index in [-0.39, 0.29) is 17.4 Å². The maximum atomic E-state index is 12.4. The molecule has 0 aromatic heterocycles. The van der Waals surface area contributed by atoms with Gasteiger partial charge in [0.2, 0.25) is 10.0 Å². The van der Waals surface area contributed by atoms with Crippen molar-refractivity contribution in [2.75, 3.05) is 6.61 Å². The Hall–Kier alpha value is -2.13. The number of hydrazine groups is 1. The zero-order valence-corrected chi connectivity index (χ0v) is 14.9. The highest BCUT2D eigenvalue weighted by molar-refractivity contribution is 7.89. The first-order valence-electron chi connectivity index (χ1n) is 7.49. The molecule has 0 saturated carbocycles. The molecule has 0 fully saturated rings. The topological polar surface area (TPSA) is 114 Å². The number of carbonyl (C=O) groups excluding carboxylic acids is 2. The van der Waals surface area contributed by atoms with Gasteiger partial charge in [0, 0.05) is 0 Å². The zero-order valence-electron chi connectivity index (χ0n) is 14.1. The monoisotopic (exact) mass is 357 g/mol. The first-order chi connectivity index (χ1) is 11.2. The second kappa shape index (κ2) is 8.65. The number of ether oxygens (including phenoxy) is 1. The van der Waals surface area contributed by atoms with Crippen molar-refractivity contribution in [2.24, 2.45) is 5.92 Å². The summed E-state index contributed by atoms with van der Waals surface area (Å²) in [5.74, 6) is -1.03. The molecule has 0 aliphatic carbocycles. The first-order valence-corrected chi connectivity index (χ1v) is 8.97. The highest BCUT2D eigenvalue weighted by Crippen LogP contribution is 2.13. The van der Waals surface area contributed by atoms with Gasteiger partial charge in [-0.1, -0.05) is 31.5 Å². The van der Waals surface area contributed by atoms with E-state index in [9.17, 15) is 18.0 Å². The summed E-state index contributed by atoms with van der Waals surface area (Å²) in [4.78, 5) is 23.4. The van der Waals surface area contributed by atoms with E-state index in [1.165, 1.54) is 12.1 Å². The van der Waals surface area contributed by atoms with E-state index in [1.807, 2.05) is 6.92 Å². The summed E-state index contributed by atoms with van der Waals surface area (Å²) in [7, 11) is -3.87. The lowest BCUT2D eigenvalue weighted by molar-refractivity contribution is -0.124. The van der Waals surface area contributed by atoms with Crippen molar-refractivity contribution in [3.63, 3.8) is 0 Å². The Labute approximate surface area is 142 Å². The number of aryl methyl sites for hydroxylation is 1. The molecular weight excluding hydrogens is 334 g/mol. The third kappa shape index (κ3) is 5.82. The molecule has 0 aliphatic rings. The Morgan fingerprint density at radius 1 is 1.12 bits per heavy atom. The number of hydrogen-bond acceptors (Lipinski definition) is 5. The average Bonchev–Trinajstić information content (AvgIpc) is 2.51. The summed E-state index contributed by atoms with van der Waals surface area (Å²) in [5.41, 5.74) is 5.12. The van der Waals surface area contributed by atoms with Crippen LogP contribution in [0.4, 0.5) is 4.79 Å². The molecule has 0 saturated heterocycles. The normalized spacial score (nSPS) is 12.5. The van der Waals surface area contributed by atoms with Crippen molar-refractivity contribution in [3.8, 4) is 0 Å². The summed E-state index contributed by atoms with van der Waals surface area (Å²) >= 11 is 0. The second-order valence-corrected chi connectivity index (χ2v) is 7.20. The van der Waals surface area contributed by atoms with Crippen LogP contribution in [-0.4, -0.2) is 33.1 Å². The minimum Gasteiger partial charge on any atom is -0.449 e. The number of hydrogen-bond donors (Lipinski definition) is 3. The molecular formula is C15H23N3O5S. The zero-order chi connectivity index (χ0) is 18.3. The average molecular weight is 357 g/mol. The minimum atomic E-state index is -3.87. The number of amides is 2. The van der Waals surface area contributed by atoms with Gasteiger partial charge in [-0.25, -0.2) is 18.6 Å². The predicted octanol–water partition coefficient (Wildman–Crippen LogP) is 1.08. The van der Waals surface area contributed by atoms with E-state index >= 15 is 0 Å². The van der Waals surface area contributed by atoms with Gasteiger partial charge < -0.3 is 4.74 Å². The van der Waals surface area contributed by atoms with E-state index in [2.05, 4.69) is 20.3 Å². The highest BCUT2D eigenvalue weighted by atomic mass is 32.2. The quantitative estimate of drug-likeness (QED) is 0.659. The van der Waals surface area contributed by atoms with Gasteiger partial charge in [-0.05, 0) is 31.9 Å². The fourth-order valence-electron chi connectivity index (χ4n) is 1.80. The fraction of sp³-hybridized carbons (Fsp3) is 0.467. The molecule has 3 N–H and O–H groups in total. The number of carbonyl (C=O) groups is 2. The van der Waals surface area contributed by atoms with Crippen LogP contribution in [-0.2, 0) is 19.6 Å². The van der Waals surface area contributed by atoms with Gasteiger partial charge in [0.25, 0.3) is 5.91 Å². The lowest BCUT2D eigenvalue weighted by atomic mass is 10.1. The number of rotatable bonds is 6. The number of nitrogens with one attached hydrogen (secondary N) is 3. The van der Waals surface area contributed by atoms with Crippen molar-refractivity contribution in [3.05, 3.63) is 29.8 Å². The van der Waals surface area contributed by atoms with Gasteiger partial charge >= 0.3 is 6.09 Å². The summed E-state index contributed by atoms with van der Waals surface area (Å²) in [6.45, 7) is 6.98. The molecule has 1 atom stereocenters. The summed E-state index contributed by atoms with van der Waals surface area (Å²) < 4.78 is 31.8. The lowest BCUT2D eigenvalue weighted by Gasteiger charge is -2.21. The van der Waals surface area contributed by atoms with E-state index < -0.39 is 28.1 Å². The molecule has 134 valence electrons. The van der Waals surface area contributed by atoms with Crippen LogP contribution in [0.25, 0.3) is 0 Å². The molecule has 0 unspecified atom stereocenters. The molecule has 0 heterocycles. The maximum Gasteiger partial charge on any atom is 0.426 e. The molecule has 1 aromatic rings. The summed E-state index contributed by atoms with van der Waals surface area (Å²) in [6.07, 6.45) is -0.824. The molecule has 24 heavy (non-hydrogen) atoms. The van der Waals surface area contributed by atoms with Crippen LogP contribution < -0.4 is 15.6 Å². The predicted molar refractivity (Wildman–Crippen MR) is 88.4 cm³/mol. The summed E-state index contributed by atoms with van der Waals surface area (Å²) in [6, 6.07) is 5.20. The standard InChI is InChI=1S/C15H23N3O5S/c1-5-23-15(20)17-16-14(19)13(10(2)3)18-24(21,22)12-8-6-11(4)7-9-12/h6-10,13,18H,5H2,1-4H3,(H,16,19)(H,17,20)/t13-/m1/s1. The van der Waals surface area contributed by atoms with Crippen LogP contribution in [0, 0.1) is 12.8 Å². The molecule has 8 nitrogen and oxygen atoms in total. The van der Waals surface area contributed by atoms with Crippen LogP contribution in [0.3, 0.4) is 0 Å². The number of benzene rings is 1. The Bertz CT molecular complexity index is 671. The molecule has 9 heteroatoms. The van der Waals surface area contributed by atoms with Crippen LogP contribution in [0.15, 0.2) is 29.2 Å². The molecule has 2 amide bonds. The molecule has 0 radical (unpaired) electrons. The Kier molecular flexibility index (Phi) is 7.18.